The third-order valence-electron chi connectivity index (χ3n) is 7.78. The average Bonchev–Trinajstić information content (AvgIpc) is 3.36. The van der Waals surface area contributed by atoms with Gasteiger partial charge in [0.15, 0.2) is 11.5 Å². The summed E-state index contributed by atoms with van der Waals surface area (Å²) in [5, 5.41) is 0. The van der Waals surface area contributed by atoms with E-state index in [2.05, 4.69) is 68.0 Å². The van der Waals surface area contributed by atoms with Crippen molar-refractivity contribution in [3.05, 3.63) is 84.8 Å². The fraction of sp³-hybridized carbons (Fsp3) is 0.267. The van der Waals surface area contributed by atoms with Crippen molar-refractivity contribution in [3.63, 3.8) is 0 Å². The summed E-state index contributed by atoms with van der Waals surface area (Å²) in [6.45, 7) is 3.29. The monoisotopic (exact) mass is 503 g/mol. The zero-order valence-electron chi connectivity index (χ0n) is 21.1. The number of imidazole rings is 1. The summed E-state index contributed by atoms with van der Waals surface area (Å²) in [4.78, 5) is 21.0. The molecule has 0 radical (unpaired) electrons. The molecule has 3 aromatic heterocycles. The van der Waals surface area contributed by atoms with E-state index < -0.39 is 0 Å². The first-order valence-electron chi connectivity index (χ1n) is 13.2. The molecule has 2 N–H and O–H groups in total. The largest absolute Gasteiger partial charge is 0.378 e. The summed E-state index contributed by atoms with van der Waals surface area (Å²) in [5.74, 6) is 0.730. The lowest BCUT2D eigenvalue weighted by atomic mass is 9.73. The van der Waals surface area contributed by atoms with Gasteiger partial charge in [0.05, 0.1) is 18.9 Å². The second-order valence-electron chi connectivity index (χ2n) is 10.1. The van der Waals surface area contributed by atoms with Gasteiger partial charge >= 0.3 is 0 Å². The number of nitrogens with zero attached hydrogens (tertiary/aromatic N) is 6. The molecule has 38 heavy (non-hydrogen) atoms. The molecule has 2 aliphatic rings. The van der Waals surface area contributed by atoms with E-state index in [1.807, 2.05) is 18.2 Å². The maximum atomic E-state index is 6.60. The molecule has 1 aliphatic heterocycles. The van der Waals surface area contributed by atoms with Crippen LogP contribution >= 0.6 is 0 Å². The quantitative estimate of drug-likeness (QED) is 0.371. The highest BCUT2D eigenvalue weighted by Crippen LogP contribution is 2.39. The standard InChI is InChI=1S/C30H29N7O/c31-30(12-2-13-30)22-5-7-23(8-6-22)37-28(26-11-14-32-20-33-26)35-27-10-9-25(34-29(27)37)21-3-1-4-24(19-21)36-15-17-38-18-16-36/h1,3-11,14,19-20H,2,12-13,15-18,31H2. The average molecular weight is 504 g/mol. The smallest absolute Gasteiger partial charge is 0.165 e. The maximum absolute atomic E-state index is 6.60. The highest BCUT2D eigenvalue weighted by Gasteiger charge is 2.34. The predicted octanol–water partition coefficient (Wildman–Crippen LogP) is 4.72. The molecule has 5 aromatic rings. The van der Waals surface area contributed by atoms with E-state index in [0.717, 1.165) is 78.8 Å². The highest BCUT2D eigenvalue weighted by atomic mass is 16.5. The van der Waals surface area contributed by atoms with Crippen LogP contribution in [0, 0.1) is 0 Å². The molecule has 4 heterocycles. The van der Waals surface area contributed by atoms with Crippen molar-refractivity contribution in [1.82, 2.24) is 24.5 Å². The van der Waals surface area contributed by atoms with Crippen LogP contribution < -0.4 is 10.6 Å². The van der Waals surface area contributed by atoms with E-state index in [0.29, 0.717) is 0 Å². The van der Waals surface area contributed by atoms with E-state index in [4.69, 9.17) is 20.4 Å². The van der Waals surface area contributed by atoms with Gasteiger partial charge in [0, 0.05) is 41.8 Å². The molecule has 8 heteroatoms. The summed E-state index contributed by atoms with van der Waals surface area (Å²) in [7, 11) is 0. The molecule has 0 unspecified atom stereocenters. The van der Waals surface area contributed by atoms with Crippen LogP contribution in [0.25, 0.3) is 39.6 Å². The van der Waals surface area contributed by atoms with Crippen LogP contribution in [0.3, 0.4) is 0 Å². The van der Waals surface area contributed by atoms with Crippen molar-refractivity contribution in [2.24, 2.45) is 5.73 Å². The van der Waals surface area contributed by atoms with Gasteiger partial charge in [-0.15, -0.1) is 0 Å². The van der Waals surface area contributed by atoms with E-state index in [-0.39, 0.29) is 5.54 Å². The minimum absolute atomic E-state index is 0.206. The van der Waals surface area contributed by atoms with Gasteiger partial charge in [-0.25, -0.2) is 19.9 Å². The zero-order chi connectivity index (χ0) is 25.5. The molecule has 0 spiro atoms. The van der Waals surface area contributed by atoms with Crippen LogP contribution in [0.15, 0.2) is 79.3 Å². The molecule has 1 aliphatic carbocycles. The van der Waals surface area contributed by atoms with Crippen LogP contribution in [0.5, 0.6) is 0 Å². The molecule has 8 nitrogen and oxygen atoms in total. The van der Waals surface area contributed by atoms with Crippen LogP contribution in [0.4, 0.5) is 5.69 Å². The Labute approximate surface area is 221 Å². The molecule has 0 atom stereocenters. The fourth-order valence-electron chi connectivity index (χ4n) is 5.43. The molecule has 2 fully saturated rings. The fourth-order valence-corrected chi connectivity index (χ4v) is 5.43. The van der Waals surface area contributed by atoms with E-state index in [9.17, 15) is 0 Å². The number of fused-ring (bicyclic) bond motifs is 1. The van der Waals surface area contributed by atoms with Gasteiger partial charge in [-0.3, -0.25) is 4.57 Å². The van der Waals surface area contributed by atoms with E-state index >= 15 is 0 Å². The van der Waals surface area contributed by atoms with Crippen molar-refractivity contribution in [2.45, 2.75) is 24.8 Å². The number of nitrogens with two attached hydrogens (primary N) is 1. The minimum Gasteiger partial charge on any atom is -0.378 e. The molecule has 0 bridgehead atoms. The van der Waals surface area contributed by atoms with Gasteiger partial charge in [0.25, 0.3) is 0 Å². The SMILES string of the molecule is NC1(c2ccc(-n3c(-c4ccncn4)nc4ccc(-c5cccc(N6CCOCC6)c5)nc43)cc2)CCC1. The number of anilines is 1. The normalized spacial score (nSPS) is 16.9. The van der Waals surface area contributed by atoms with Crippen LogP contribution in [0.2, 0.25) is 0 Å². The molecular weight excluding hydrogens is 474 g/mol. The third kappa shape index (κ3) is 4.02. The Morgan fingerprint density at radius 2 is 1.68 bits per heavy atom. The number of pyridine rings is 1. The summed E-state index contributed by atoms with van der Waals surface area (Å²) in [5.41, 5.74) is 14.0. The Balaban J connectivity index is 1.35. The first-order valence-corrected chi connectivity index (χ1v) is 13.2. The number of rotatable bonds is 5. The third-order valence-corrected chi connectivity index (χ3v) is 7.78. The molecular formula is C30H29N7O. The molecule has 1 saturated carbocycles. The Hall–Kier alpha value is -4.14. The first kappa shape index (κ1) is 23.0. The Bertz CT molecular complexity index is 1590. The van der Waals surface area contributed by atoms with Gasteiger partial charge in [0.1, 0.15) is 17.5 Å². The van der Waals surface area contributed by atoms with Crippen molar-refractivity contribution >= 4 is 16.9 Å². The van der Waals surface area contributed by atoms with Crippen molar-refractivity contribution < 1.29 is 4.74 Å². The molecule has 2 aromatic carbocycles. The van der Waals surface area contributed by atoms with Gasteiger partial charge in [-0.1, -0.05) is 24.3 Å². The van der Waals surface area contributed by atoms with Gasteiger partial charge in [0.2, 0.25) is 0 Å². The van der Waals surface area contributed by atoms with Crippen molar-refractivity contribution in [3.8, 4) is 28.5 Å². The number of ether oxygens (including phenoxy) is 1. The number of hydrogen-bond acceptors (Lipinski definition) is 7. The lowest BCUT2D eigenvalue weighted by molar-refractivity contribution is 0.122. The summed E-state index contributed by atoms with van der Waals surface area (Å²) < 4.78 is 7.62. The van der Waals surface area contributed by atoms with Crippen molar-refractivity contribution in [2.75, 3.05) is 31.2 Å². The van der Waals surface area contributed by atoms with E-state index in [1.54, 1.807) is 12.5 Å². The van der Waals surface area contributed by atoms with Gasteiger partial charge in [-0.05, 0) is 67.3 Å². The zero-order valence-corrected chi connectivity index (χ0v) is 21.1. The molecule has 0 amide bonds. The summed E-state index contributed by atoms with van der Waals surface area (Å²) in [6, 6.07) is 23.0. The molecule has 190 valence electrons. The van der Waals surface area contributed by atoms with Crippen molar-refractivity contribution in [1.29, 1.82) is 0 Å². The van der Waals surface area contributed by atoms with Crippen LogP contribution in [-0.4, -0.2) is 50.8 Å². The lowest BCUT2D eigenvalue weighted by Crippen LogP contribution is -2.43. The molecule has 1 saturated heterocycles. The lowest BCUT2D eigenvalue weighted by Gasteiger charge is -2.38. The number of morpholine rings is 1. The van der Waals surface area contributed by atoms with E-state index in [1.165, 1.54) is 17.7 Å². The Morgan fingerprint density at radius 3 is 2.42 bits per heavy atom. The molecule has 7 rings (SSSR count). The maximum Gasteiger partial charge on any atom is 0.165 e. The Kier molecular flexibility index (Phi) is 5.64. The van der Waals surface area contributed by atoms with Crippen LogP contribution in [0.1, 0.15) is 24.8 Å². The first-order chi connectivity index (χ1) is 18.7. The predicted molar refractivity (Wildman–Crippen MR) is 148 cm³/mol. The second-order valence-corrected chi connectivity index (χ2v) is 10.1. The Morgan fingerprint density at radius 1 is 0.842 bits per heavy atom. The van der Waals surface area contributed by atoms with Crippen LogP contribution in [-0.2, 0) is 10.3 Å². The number of hydrogen-bond donors (Lipinski definition) is 1. The number of aromatic nitrogens is 5. The minimum atomic E-state index is -0.206. The number of benzene rings is 2. The van der Waals surface area contributed by atoms with Gasteiger partial charge < -0.3 is 15.4 Å². The summed E-state index contributed by atoms with van der Waals surface area (Å²) >= 11 is 0. The highest BCUT2D eigenvalue weighted by molar-refractivity contribution is 5.82. The van der Waals surface area contributed by atoms with Gasteiger partial charge in [-0.2, -0.15) is 0 Å². The second kappa shape index (κ2) is 9.31. The summed E-state index contributed by atoms with van der Waals surface area (Å²) in [6.07, 6.45) is 6.52. The topological polar surface area (TPSA) is 95.0 Å².